The lowest BCUT2D eigenvalue weighted by atomic mass is 9.77. The lowest BCUT2D eigenvalue weighted by Gasteiger charge is -2.28. The number of nitrogens with two attached hydrogens (primary N) is 1. The standard InChI is InChI=1S/C14H18N2O2/c1-3-18-13(17)14(2,8-9-15)12-7-5-4-6-11(12)10-16/h4-7H,3,8-9,15H2,1-2H3. The summed E-state index contributed by atoms with van der Waals surface area (Å²) in [5.41, 5.74) is 5.89. The minimum Gasteiger partial charge on any atom is -0.465 e. The quantitative estimate of drug-likeness (QED) is 0.803. The molecule has 4 heteroatoms. The van der Waals surface area contributed by atoms with Crippen LogP contribution in [0.5, 0.6) is 0 Å². The second-order valence-electron chi connectivity index (χ2n) is 4.25. The summed E-state index contributed by atoms with van der Waals surface area (Å²) >= 11 is 0. The highest BCUT2D eigenvalue weighted by Crippen LogP contribution is 2.31. The molecule has 0 saturated carbocycles. The fourth-order valence-electron chi connectivity index (χ4n) is 1.99. The molecule has 0 spiro atoms. The summed E-state index contributed by atoms with van der Waals surface area (Å²) in [6.45, 7) is 4.20. The average molecular weight is 246 g/mol. The van der Waals surface area contributed by atoms with E-state index in [1.165, 1.54) is 0 Å². The Morgan fingerprint density at radius 3 is 2.72 bits per heavy atom. The third-order valence-electron chi connectivity index (χ3n) is 3.01. The van der Waals surface area contributed by atoms with E-state index in [1.807, 2.05) is 6.07 Å². The Kier molecular flexibility index (Phi) is 4.87. The van der Waals surface area contributed by atoms with Crippen LogP contribution in [0, 0.1) is 11.3 Å². The monoisotopic (exact) mass is 246 g/mol. The SMILES string of the molecule is CCOC(=O)C(C)(CCN)c1ccccc1C#N. The Labute approximate surface area is 107 Å². The first-order valence-corrected chi connectivity index (χ1v) is 5.97. The van der Waals surface area contributed by atoms with Crippen LogP contribution in [0.15, 0.2) is 24.3 Å². The van der Waals surface area contributed by atoms with Gasteiger partial charge in [0.05, 0.1) is 23.7 Å². The summed E-state index contributed by atoms with van der Waals surface area (Å²) in [6, 6.07) is 9.17. The maximum Gasteiger partial charge on any atom is 0.316 e. The zero-order valence-corrected chi connectivity index (χ0v) is 10.8. The lowest BCUT2D eigenvalue weighted by molar-refractivity contribution is -0.149. The zero-order valence-electron chi connectivity index (χ0n) is 10.8. The number of rotatable bonds is 5. The topological polar surface area (TPSA) is 76.1 Å². The summed E-state index contributed by atoms with van der Waals surface area (Å²) in [6.07, 6.45) is 0.449. The summed E-state index contributed by atoms with van der Waals surface area (Å²) < 4.78 is 5.11. The van der Waals surface area contributed by atoms with Gasteiger partial charge in [0.15, 0.2) is 0 Å². The third kappa shape index (κ3) is 2.69. The van der Waals surface area contributed by atoms with Gasteiger partial charge >= 0.3 is 5.97 Å². The zero-order chi connectivity index (χ0) is 13.6. The molecule has 2 N–H and O–H groups in total. The summed E-state index contributed by atoms with van der Waals surface area (Å²) in [5, 5.41) is 9.13. The van der Waals surface area contributed by atoms with Gasteiger partial charge in [0.25, 0.3) is 0 Å². The number of nitrogens with zero attached hydrogens (tertiary/aromatic N) is 1. The molecule has 0 aliphatic rings. The van der Waals surface area contributed by atoms with E-state index in [1.54, 1.807) is 32.0 Å². The fourth-order valence-corrected chi connectivity index (χ4v) is 1.99. The molecule has 18 heavy (non-hydrogen) atoms. The Morgan fingerprint density at radius 1 is 1.50 bits per heavy atom. The number of carbonyl (C=O) groups is 1. The number of hydrogen-bond acceptors (Lipinski definition) is 4. The second-order valence-corrected chi connectivity index (χ2v) is 4.25. The average Bonchev–Trinajstić information content (AvgIpc) is 2.39. The number of nitriles is 1. The molecule has 0 saturated heterocycles. The molecule has 0 aliphatic heterocycles. The predicted molar refractivity (Wildman–Crippen MR) is 68.8 cm³/mol. The van der Waals surface area contributed by atoms with E-state index in [2.05, 4.69) is 6.07 Å². The van der Waals surface area contributed by atoms with E-state index < -0.39 is 5.41 Å². The second kappa shape index (κ2) is 6.18. The molecule has 1 unspecified atom stereocenters. The summed E-state index contributed by atoms with van der Waals surface area (Å²) in [5.74, 6) is -0.335. The van der Waals surface area contributed by atoms with E-state index >= 15 is 0 Å². The number of hydrogen-bond donors (Lipinski definition) is 1. The highest BCUT2D eigenvalue weighted by Gasteiger charge is 2.37. The Morgan fingerprint density at radius 2 is 2.17 bits per heavy atom. The van der Waals surface area contributed by atoms with Gasteiger partial charge in [0, 0.05) is 0 Å². The lowest BCUT2D eigenvalue weighted by Crippen LogP contribution is -2.37. The number of carbonyl (C=O) groups excluding carboxylic acids is 1. The van der Waals surface area contributed by atoms with Crippen LogP contribution in [0.25, 0.3) is 0 Å². The molecule has 0 amide bonds. The van der Waals surface area contributed by atoms with Crippen LogP contribution in [-0.2, 0) is 14.9 Å². The predicted octanol–water partition coefficient (Wildman–Crippen LogP) is 1.73. The minimum absolute atomic E-state index is 0.313. The van der Waals surface area contributed by atoms with Crippen molar-refractivity contribution in [1.82, 2.24) is 0 Å². The molecule has 1 aromatic rings. The van der Waals surface area contributed by atoms with E-state index in [0.29, 0.717) is 30.7 Å². The van der Waals surface area contributed by atoms with Gasteiger partial charge in [-0.3, -0.25) is 4.79 Å². The number of ether oxygens (including phenoxy) is 1. The van der Waals surface area contributed by atoms with Gasteiger partial charge in [0.2, 0.25) is 0 Å². The molecule has 1 aromatic carbocycles. The molecule has 1 rings (SSSR count). The number of benzene rings is 1. The van der Waals surface area contributed by atoms with Gasteiger partial charge in [-0.2, -0.15) is 5.26 Å². The van der Waals surface area contributed by atoms with Crippen LogP contribution < -0.4 is 5.73 Å². The summed E-state index contributed by atoms with van der Waals surface area (Å²) in [7, 11) is 0. The highest BCUT2D eigenvalue weighted by atomic mass is 16.5. The maximum absolute atomic E-state index is 12.1. The van der Waals surface area contributed by atoms with E-state index in [0.717, 1.165) is 0 Å². The van der Waals surface area contributed by atoms with Gasteiger partial charge in [-0.05, 0) is 38.4 Å². The van der Waals surface area contributed by atoms with Crippen molar-refractivity contribution in [2.75, 3.05) is 13.2 Å². The van der Waals surface area contributed by atoms with Crippen molar-refractivity contribution in [1.29, 1.82) is 5.26 Å². The minimum atomic E-state index is -0.864. The van der Waals surface area contributed by atoms with Gasteiger partial charge in [-0.25, -0.2) is 0 Å². The van der Waals surface area contributed by atoms with Crippen LogP contribution >= 0.6 is 0 Å². The molecular weight excluding hydrogens is 228 g/mol. The normalized spacial score (nSPS) is 13.4. The van der Waals surface area contributed by atoms with Crippen LogP contribution in [0.1, 0.15) is 31.4 Å². The van der Waals surface area contributed by atoms with Crippen molar-refractivity contribution in [2.45, 2.75) is 25.7 Å². The van der Waals surface area contributed by atoms with Gasteiger partial charge in [-0.15, -0.1) is 0 Å². The maximum atomic E-state index is 12.1. The fraction of sp³-hybridized carbons (Fsp3) is 0.429. The van der Waals surface area contributed by atoms with Crippen LogP contribution in [0.4, 0.5) is 0 Å². The van der Waals surface area contributed by atoms with Crippen molar-refractivity contribution in [3.05, 3.63) is 35.4 Å². The Balaban J connectivity index is 3.27. The van der Waals surface area contributed by atoms with Crippen LogP contribution in [0.2, 0.25) is 0 Å². The van der Waals surface area contributed by atoms with Crippen molar-refractivity contribution in [3.8, 4) is 6.07 Å². The van der Waals surface area contributed by atoms with E-state index in [4.69, 9.17) is 15.7 Å². The Bertz CT molecular complexity index is 465. The first-order chi connectivity index (χ1) is 8.60. The molecule has 0 aliphatic carbocycles. The Hall–Kier alpha value is -1.86. The van der Waals surface area contributed by atoms with Crippen molar-refractivity contribution in [2.24, 2.45) is 5.73 Å². The van der Waals surface area contributed by atoms with Crippen LogP contribution in [0.3, 0.4) is 0 Å². The van der Waals surface area contributed by atoms with Crippen molar-refractivity contribution >= 4 is 5.97 Å². The molecular formula is C14H18N2O2. The smallest absolute Gasteiger partial charge is 0.316 e. The van der Waals surface area contributed by atoms with Crippen molar-refractivity contribution < 1.29 is 9.53 Å². The van der Waals surface area contributed by atoms with E-state index in [9.17, 15) is 4.79 Å². The molecule has 96 valence electrons. The molecule has 0 fully saturated rings. The first-order valence-electron chi connectivity index (χ1n) is 5.97. The molecule has 4 nitrogen and oxygen atoms in total. The van der Waals surface area contributed by atoms with Gasteiger partial charge in [-0.1, -0.05) is 18.2 Å². The number of esters is 1. The summed E-state index contributed by atoms with van der Waals surface area (Å²) in [4.78, 5) is 12.1. The van der Waals surface area contributed by atoms with Crippen molar-refractivity contribution in [3.63, 3.8) is 0 Å². The highest BCUT2D eigenvalue weighted by molar-refractivity contribution is 5.83. The molecule has 0 radical (unpaired) electrons. The third-order valence-corrected chi connectivity index (χ3v) is 3.01. The molecule has 1 atom stereocenters. The van der Waals surface area contributed by atoms with Crippen LogP contribution in [-0.4, -0.2) is 19.1 Å². The largest absolute Gasteiger partial charge is 0.465 e. The van der Waals surface area contributed by atoms with E-state index in [-0.39, 0.29) is 5.97 Å². The molecule has 0 heterocycles. The molecule has 0 bridgehead atoms. The first kappa shape index (κ1) is 14.2. The van der Waals surface area contributed by atoms with Gasteiger partial charge < -0.3 is 10.5 Å². The molecule has 0 aromatic heterocycles. The van der Waals surface area contributed by atoms with Gasteiger partial charge in [0.1, 0.15) is 0 Å².